The zero-order valence-corrected chi connectivity index (χ0v) is 11.2. The highest BCUT2D eigenvalue weighted by Gasteiger charge is 2.11. The molecule has 0 fully saturated rings. The van der Waals surface area contributed by atoms with E-state index in [9.17, 15) is 9.90 Å². The first-order valence-electron chi connectivity index (χ1n) is 5.30. The highest BCUT2D eigenvalue weighted by molar-refractivity contribution is 9.10. The van der Waals surface area contributed by atoms with Gasteiger partial charge in [0.2, 0.25) is 0 Å². The number of phenols is 1. The lowest BCUT2D eigenvalue weighted by atomic mass is 10.2. The highest BCUT2D eigenvalue weighted by Crippen LogP contribution is 2.20. The van der Waals surface area contributed by atoms with Crippen LogP contribution >= 0.6 is 15.9 Å². The number of nitrogens with zero attached hydrogens (tertiary/aromatic N) is 1. The summed E-state index contributed by atoms with van der Waals surface area (Å²) >= 11 is 3.26. The average molecular weight is 307 g/mol. The zero-order valence-electron chi connectivity index (χ0n) is 9.64. The quantitative estimate of drug-likeness (QED) is 0.838. The minimum Gasteiger partial charge on any atom is -0.507 e. The summed E-state index contributed by atoms with van der Waals surface area (Å²) in [6.07, 6.45) is 0. The Bertz CT molecular complexity index is 599. The molecule has 92 valence electrons. The lowest BCUT2D eigenvalue weighted by Gasteiger charge is -2.08. The van der Waals surface area contributed by atoms with E-state index in [2.05, 4.69) is 26.2 Å². The summed E-state index contributed by atoms with van der Waals surface area (Å²) in [5.41, 5.74) is 1.56. The molecule has 0 saturated heterocycles. The molecule has 2 rings (SSSR count). The number of halogens is 1. The summed E-state index contributed by atoms with van der Waals surface area (Å²) in [4.78, 5) is 16.1. The fraction of sp³-hybridized carbons (Fsp3) is 0.0769. The summed E-state index contributed by atoms with van der Waals surface area (Å²) in [6.45, 7) is 1.80. The number of aromatic nitrogens is 1. The van der Waals surface area contributed by atoms with E-state index in [0.29, 0.717) is 16.0 Å². The SMILES string of the molecule is Cc1nc(Br)ccc1NC(=O)c1ccccc1O. The fourth-order valence-corrected chi connectivity index (χ4v) is 1.92. The first-order valence-corrected chi connectivity index (χ1v) is 6.09. The number of nitrogens with one attached hydrogen (secondary N) is 1. The van der Waals surface area contributed by atoms with Crippen LogP contribution in [-0.4, -0.2) is 16.0 Å². The Morgan fingerprint density at radius 1 is 1.28 bits per heavy atom. The van der Waals surface area contributed by atoms with Gasteiger partial charge in [0.1, 0.15) is 10.4 Å². The molecule has 0 atom stereocenters. The van der Waals surface area contributed by atoms with Gasteiger partial charge in [0.05, 0.1) is 16.9 Å². The number of para-hydroxylation sites is 1. The Kier molecular flexibility index (Phi) is 3.62. The van der Waals surface area contributed by atoms with E-state index >= 15 is 0 Å². The van der Waals surface area contributed by atoms with Crippen molar-refractivity contribution in [2.75, 3.05) is 5.32 Å². The maximum absolute atomic E-state index is 12.0. The predicted octanol–water partition coefficient (Wildman–Crippen LogP) is 3.11. The van der Waals surface area contributed by atoms with E-state index in [1.54, 1.807) is 37.3 Å². The van der Waals surface area contributed by atoms with Gasteiger partial charge >= 0.3 is 0 Å². The molecule has 0 saturated carbocycles. The second-order valence-corrected chi connectivity index (χ2v) is 4.55. The van der Waals surface area contributed by atoms with E-state index in [-0.39, 0.29) is 17.2 Å². The smallest absolute Gasteiger partial charge is 0.259 e. The van der Waals surface area contributed by atoms with Gasteiger partial charge in [-0.2, -0.15) is 0 Å². The van der Waals surface area contributed by atoms with Crippen LogP contribution in [0.4, 0.5) is 5.69 Å². The molecule has 0 aliphatic rings. The number of pyridine rings is 1. The maximum Gasteiger partial charge on any atom is 0.259 e. The van der Waals surface area contributed by atoms with Crippen molar-refractivity contribution in [1.82, 2.24) is 4.98 Å². The van der Waals surface area contributed by atoms with E-state index in [4.69, 9.17) is 0 Å². The van der Waals surface area contributed by atoms with Crippen LogP contribution in [-0.2, 0) is 0 Å². The van der Waals surface area contributed by atoms with E-state index in [1.165, 1.54) is 6.07 Å². The molecule has 2 N–H and O–H groups in total. The molecule has 5 heteroatoms. The molecule has 0 aliphatic carbocycles. The van der Waals surface area contributed by atoms with Crippen LogP contribution < -0.4 is 5.32 Å². The van der Waals surface area contributed by atoms with Crippen LogP contribution in [0.3, 0.4) is 0 Å². The van der Waals surface area contributed by atoms with Gasteiger partial charge in [-0.25, -0.2) is 4.98 Å². The first-order chi connectivity index (χ1) is 8.58. The number of anilines is 1. The Balaban J connectivity index is 2.24. The predicted molar refractivity (Wildman–Crippen MR) is 72.7 cm³/mol. The van der Waals surface area contributed by atoms with Gasteiger partial charge in [-0.05, 0) is 47.1 Å². The monoisotopic (exact) mass is 306 g/mol. The van der Waals surface area contributed by atoms with Crippen LogP contribution in [0.1, 0.15) is 16.1 Å². The van der Waals surface area contributed by atoms with Crippen molar-refractivity contribution < 1.29 is 9.90 Å². The number of hydrogen-bond donors (Lipinski definition) is 2. The van der Waals surface area contributed by atoms with Gasteiger partial charge in [0.15, 0.2) is 0 Å². The molecular weight excluding hydrogens is 296 g/mol. The van der Waals surface area contributed by atoms with Crippen molar-refractivity contribution in [3.8, 4) is 5.75 Å². The Morgan fingerprint density at radius 2 is 2.00 bits per heavy atom. The van der Waals surface area contributed by atoms with E-state index in [0.717, 1.165) is 0 Å². The molecule has 4 nitrogen and oxygen atoms in total. The number of amides is 1. The maximum atomic E-state index is 12.0. The van der Waals surface area contributed by atoms with Crippen molar-refractivity contribution in [3.63, 3.8) is 0 Å². The topological polar surface area (TPSA) is 62.2 Å². The number of aryl methyl sites for hydroxylation is 1. The molecule has 0 unspecified atom stereocenters. The number of aromatic hydroxyl groups is 1. The first kappa shape index (κ1) is 12.6. The molecule has 0 spiro atoms. The van der Waals surface area contributed by atoms with Gasteiger partial charge in [-0.15, -0.1) is 0 Å². The third kappa shape index (κ3) is 2.68. The molecule has 1 aromatic carbocycles. The largest absolute Gasteiger partial charge is 0.507 e. The lowest BCUT2D eigenvalue weighted by Crippen LogP contribution is -2.13. The fourth-order valence-electron chi connectivity index (χ4n) is 1.52. The number of benzene rings is 1. The number of phenolic OH excluding ortho intramolecular Hbond substituents is 1. The highest BCUT2D eigenvalue weighted by atomic mass is 79.9. The average Bonchev–Trinajstić information content (AvgIpc) is 2.33. The second-order valence-electron chi connectivity index (χ2n) is 3.74. The summed E-state index contributed by atoms with van der Waals surface area (Å²) in [7, 11) is 0. The summed E-state index contributed by atoms with van der Waals surface area (Å²) in [5.74, 6) is -0.405. The van der Waals surface area contributed by atoms with Crippen molar-refractivity contribution in [1.29, 1.82) is 0 Å². The minimum atomic E-state index is -0.361. The van der Waals surface area contributed by atoms with Crippen molar-refractivity contribution in [2.45, 2.75) is 6.92 Å². The Hall–Kier alpha value is -1.88. The van der Waals surface area contributed by atoms with Crippen molar-refractivity contribution in [2.24, 2.45) is 0 Å². The van der Waals surface area contributed by atoms with Crippen molar-refractivity contribution >= 4 is 27.5 Å². The van der Waals surface area contributed by atoms with E-state index in [1.807, 2.05) is 0 Å². The minimum absolute atomic E-state index is 0.0438. The number of carbonyl (C=O) groups excluding carboxylic acids is 1. The van der Waals surface area contributed by atoms with Gasteiger partial charge < -0.3 is 10.4 Å². The molecule has 2 aromatic rings. The van der Waals surface area contributed by atoms with Crippen LogP contribution in [0.25, 0.3) is 0 Å². The van der Waals surface area contributed by atoms with Gasteiger partial charge in [0, 0.05) is 0 Å². The van der Waals surface area contributed by atoms with Crippen LogP contribution in [0.5, 0.6) is 5.75 Å². The molecule has 18 heavy (non-hydrogen) atoms. The van der Waals surface area contributed by atoms with Gasteiger partial charge in [-0.1, -0.05) is 12.1 Å². The molecule has 1 aromatic heterocycles. The Morgan fingerprint density at radius 3 is 2.67 bits per heavy atom. The van der Waals surface area contributed by atoms with Gasteiger partial charge in [0.25, 0.3) is 5.91 Å². The van der Waals surface area contributed by atoms with E-state index < -0.39 is 0 Å². The third-order valence-corrected chi connectivity index (χ3v) is 2.89. The van der Waals surface area contributed by atoms with Crippen LogP contribution in [0.2, 0.25) is 0 Å². The molecule has 1 heterocycles. The van der Waals surface area contributed by atoms with Crippen LogP contribution in [0.15, 0.2) is 41.0 Å². The lowest BCUT2D eigenvalue weighted by molar-refractivity contribution is 0.102. The molecule has 1 amide bonds. The number of rotatable bonds is 2. The summed E-state index contributed by atoms with van der Waals surface area (Å²) in [5, 5.41) is 12.3. The van der Waals surface area contributed by atoms with Crippen molar-refractivity contribution in [3.05, 3.63) is 52.3 Å². The zero-order chi connectivity index (χ0) is 13.1. The van der Waals surface area contributed by atoms with Crippen LogP contribution in [0, 0.1) is 6.92 Å². The summed E-state index contributed by atoms with van der Waals surface area (Å²) < 4.78 is 0.709. The molecule has 0 bridgehead atoms. The normalized spacial score (nSPS) is 10.1. The molecule has 0 radical (unpaired) electrons. The third-order valence-electron chi connectivity index (χ3n) is 2.45. The molecule has 0 aliphatic heterocycles. The second kappa shape index (κ2) is 5.18. The van der Waals surface area contributed by atoms with Gasteiger partial charge in [-0.3, -0.25) is 4.79 Å². The molecular formula is C13H11BrN2O2. The standard InChI is InChI=1S/C13H11BrN2O2/c1-8-10(6-7-12(14)15-8)16-13(18)9-4-2-3-5-11(9)17/h2-7,17H,1H3,(H,16,18). The Labute approximate surface area is 113 Å². The number of carbonyl (C=O) groups is 1. The number of hydrogen-bond acceptors (Lipinski definition) is 3. The summed E-state index contributed by atoms with van der Waals surface area (Å²) in [6, 6.07) is 9.89.